The number of amides is 3. The molecule has 1 aliphatic carbocycles. The molecule has 5 rings (SSSR count). The quantitative estimate of drug-likeness (QED) is 0.102. The van der Waals surface area contributed by atoms with Crippen molar-refractivity contribution in [3.8, 4) is 12.3 Å². The van der Waals surface area contributed by atoms with Crippen molar-refractivity contribution in [2.75, 3.05) is 16.8 Å². The van der Waals surface area contributed by atoms with Crippen LogP contribution in [0.4, 0.5) is 18.3 Å². The van der Waals surface area contributed by atoms with Crippen molar-refractivity contribution >= 4 is 69.4 Å². The first-order valence-electron chi connectivity index (χ1n) is 13.1. The molecule has 21 heteroatoms. The zero-order valence-corrected chi connectivity index (χ0v) is 25.3. The lowest BCUT2D eigenvalue weighted by molar-refractivity contribution is -0.167. The lowest BCUT2D eigenvalue weighted by Crippen LogP contribution is -2.71. The average Bonchev–Trinajstić information content (AvgIpc) is 3.77. The van der Waals surface area contributed by atoms with Crippen molar-refractivity contribution in [2.45, 2.75) is 61.1 Å². The van der Waals surface area contributed by atoms with Gasteiger partial charge in [0.25, 0.3) is 11.8 Å². The highest BCUT2D eigenvalue weighted by atomic mass is 32.2. The molecule has 238 valence electrons. The third kappa shape index (κ3) is 7.07. The van der Waals surface area contributed by atoms with Crippen molar-refractivity contribution in [2.24, 2.45) is 5.16 Å². The third-order valence-corrected chi connectivity index (χ3v) is 9.83. The van der Waals surface area contributed by atoms with Gasteiger partial charge < -0.3 is 15.3 Å². The Morgan fingerprint density at radius 2 is 2.04 bits per heavy atom. The molecule has 2 aliphatic heterocycles. The van der Waals surface area contributed by atoms with Gasteiger partial charge in [0, 0.05) is 16.9 Å². The molecule has 3 aliphatic rings. The molecule has 1 unspecified atom stereocenters. The van der Waals surface area contributed by atoms with E-state index >= 15 is 0 Å². The summed E-state index contributed by atoms with van der Waals surface area (Å²) >= 11 is 3.01. The van der Waals surface area contributed by atoms with Crippen LogP contribution in [0, 0.1) is 12.3 Å². The highest BCUT2D eigenvalue weighted by Gasteiger charge is 2.54. The monoisotopic (exact) mass is 685 g/mol. The van der Waals surface area contributed by atoms with Gasteiger partial charge in [0.05, 0.1) is 0 Å². The average molecular weight is 686 g/mol. The Morgan fingerprint density at radius 3 is 2.73 bits per heavy atom. The minimum atomic E-state index is -5.15. The van der Waals surface area contributed by atoms with E-state index in [0.29, 0.717) is 34.9 Å². The summed E-state index contributed by atoms with van der Waals surface area (Å²) in [5.74, 6) is -2.41. The maximum absolute atomic E-state index is 13.4. The summed E-state index contributed by atoms with van der Waals surface area (Å²) in [6, 6.07) is -1.14. The number of thioether (sulfide) groups is 2. The summed E-state index contributed by atoms with van der Waals surface area (Å²) < 4.78 is 39.5. The van der Waals surface area contributed by atoms with Crippen LogP contribution in [0.2, 0.25) is 0 Å². The highest BCUT2D eigenvalue weighted by molar-refractivity contribution is 8.01. The number of halogens is 3. The van der Waals surface area contributed by atoms with Crippen LogP contribution in [0.15, 0.2) is 27.0 Å². The van der Waals surface area contributed by atoms with Crippen LogP contribution in [-0.4, -0.2) is 99.8 Å². The Labute approximate surface area is 264 Å². The van der Waals surface area contributed by atoms with Gasteiger partial charge in [-0.05, 0) is 41.7 Å². The van der Waals surface area contributed by atoms with Crippen molar-refractivity contribution < 1.29 is 42.3 Å². The first kappa shape index (κ1) is 32.2. The molecule has 1 saturated carbocycles. The fourth-order valence-corrected chi connectivity index (χ4v) is 7.63. The van der Waals surface area contributed by atoms with Gasteiger partial charge in [-0.15, -0.1) is 34.6 Å². The molecular weight excluding hydrogens is 664 g/mol. The molecule has 15 nitrogen and oxygen atoms in total. The first-order valence-corrected chi connectivity index (χ1v) is 16.0. The number of rotatable bonds is 11. The molecule has 3 amide bonds. The van der Waals surface area contributed by atoms with Gasteiger partial charge in [0.1, 0.15) is 35.5 Å². The zero-order valence-electron chi connectivity index (χ0n) is 22.8. The number of thiazole rings is 1. The molecular formula is C24H22F3N9O6S3. The topological polar surface area (TPSA) is 194 Å². The molecule has 0 spiro atoms. The number of fused-ring (bicyclic) bond motifs is 1. The second-order valence-electron chi connectivity index (χ2n) is 9.67. The number of nitrogens with one attached hydrogen (secondary N) is 2. The van der Waals surface area contributed by atoms with Gasteiger partial charge in [-0.2, -0.15) is 13.2 Å². The second-order valence-corrected chi connectivity index (χ2v) is 12.6. The van der Waals surface area contributed by atoms with Crippen molar-refractivity contribution in [1.29, 1.82) is 0 Å². The molecule has 1 saturated heterocycles. The largest absolute Gasteiger partial charge is 0.477 e. The number of carbonyl (C=O) groups excluding carboxylic acids is 3. The number of tetrazole rings is 1. The lowest BCUT2D eigenvalue weighted by Gasteiger charge is -2.49. The van der Waals surface area contributed by atoms with Crippen LogP contribution in [0.25, 0.3) is 0 Å². The molecule has 4 heterocycles. The number of hydrogen-bond acceptors (Lipinski definition) is 13. The van der Waals surface area contributed by atoms with Gasteiger partial charge in [-0.1, -0.05) is 22.8 Å². The molecule has 3 N–H and O–H groups in total. The Bertz CT molecular complexity index is 1610. The van der Waals surface area contributed by atoms with E-state index in [9.17, 15) is 37.5 Å². The molecule has 2 aromatic heterocycles. The van der Waals surface area contributed by atoms with Crippen molar-refractivity contribution in [1.82, 2.24) is 35.4 Å². The number of carboxylic acids is 1. The summed E-state index contributed by atoms with van der Waals surface area (Å²) in [7, 11) is 0. The van der Waals surface area contributed by atoms with Crippen LogP contribution in [0.1, 0.15) is 31.4 Å². The SMILES string of the molecule is C#CCn1nnnc1SCC1=C(C(=O)O)N2C(=O)C(NC(=O)C(=NOC3CCCC3)c3csc(NC(=O)C(F)(F)F)n3)[C@H]2SC1. The van der Waals surface area contributed by atoms with Gasteiger partial charge in [0.15, 0.2) is 10.8 Å². The van der Waals surface area contributed by atoms with Crippen LogP contribution in [0.5, 0.6) is 0 Å². The molecule has 0 radical (unpaired) electrons. The Hall–Kier alpha value is -4.16. The summed E-state index contributed by atoms with van der Waals surface area (Å²) in [6.07, 6.45) is 3.01. The van der Waals surface area contributed by atoms with Gasteiger partial charge in [-0.25, -0.2) is 14.5 Å². The summed E-state index contributed by atoms with van der Waals surface area (Å²) in [5, 5.41) is 29.6. The van der Waals surface area contributed by atoms with Crippen LogP contribution in [-0.2, 0) is 30.6 Å². The standard InChI is InChI=1S/C24H22F3N9O6S3/c1-2-7-35-23(31-33-34-35)45-9-11-8-43-19-15(18(38)36(19)16(11)20(39)40)29-17(37)14(32-42-12-5-3-4-6-12)13-10-44-22(28-13)30-21(41)24(25,26)27/h1,10,12,15,19H,3-9H2,(H,29,37)(H,39,40)(H,28,30,41)/t15?,19-/m1/s1. The number of β-lactam (4-membered cyclic amide) rings is 1. The Morgan fingerprint density at radius 1 is 1.29 bits per heavy atom. The smallest absolute Gasteiger partial charge is 0.471 e. The summed E-state index contributed by atoms with van der Waals surface area (Å²) in [6.45, 7) is 0.115. The Balaban J connectivity index is 1.31. The molecule has 45 heavy (non-hydrogen) atoms. The fourth-order valence-electron chi connectivity index (χ4n) is 4.57. The number of aliphatic carboxylic acids is 1. The summed E-state index contributed by atoms with van der Waals surface area (Å²) in [4.78, 5) is 60.6. The minimum absolute atomic E-state index is 0.115. The Kier molecular flexibility index (Phi) is 9.64. The number of terminal acetylenes is 1. The van der Waals surface area contributed by atoms with Crippen LogP contribution in [0.3, 0.4) is 0 Å². The van der Waals surface area contributed by atoms with E-state index < -0.39 is 52.1 Å². The van der Waals surface area contributed by atoms with Crippen LogP contribution >= 0.6 is 34.9 Å². The summed E-state index contributed by atoms with van der Waals surface area (Å²) in [5.41, 5.74) is -0.398. The number of nitrogens with zero attached hydrogens (tertiary/aromatic N) is 7. The number of hydrogen-bond donors (Lipinski definition) is 3. The van der Waals surface area contributed by atoms with E-state index in [-0.39, 0.29) is 35.5 Å². The van der Waals surface area contributed by atoms with Crippen molar-refractivity contribution in [3.05, 3.63) is 22.3 Å². The van der Waals surface area contributed by atoms with E-state index in [2.05, 4.69) is 36.9 Å². The maximum atomic E-state index is 13.4. The number of aromatic nitrogens is 5. The van der Waals surface area contributed by atoms with E-state index in [0.717, 1.165) is 29.5 Å². The molecule has 0 aromatic carbocycles. The highest BCUT2D eigenvalue weighted by Crippen LogP contribution is 2.41. The maximum Gasteiger partial charge on any atom is 0.471 e. The zero-order chi connectivity index (χ0) is 32.3. The first-order chi connectivity index (χ1) is 21.5. The van der Waals surface area contributed by atoms with Crippen LogP contribution < -0.4 is 10.6 Å². The van der Waals surface area contributed by atoms with E-state index in [1.165, 1.54) is 21.8 Å². The molecule has 2 fully saturated rings. The minimum Gasteiger partial charge on any atom is -0.477 e. The normalized spacial score (nSPS) is 20.4. The number of anilines is 1. The third-order valence-electron chi connectivity index (χ3n) is 6.69. The predicted molar refractivity (Wildman–Crippen MR) is 154 cm³/mol. The van der Waals surface area contributed by atoms with Gasteiger partial charge in [0.2, 0.25) is 5.16 Å². The van der Waals surface area contributed by atoms with E-state index in [4.69, 9.17) is 11.3 Å². The van der Waals surface area contributed by atoms with Gasteiger partial charge >= 0.3 is 18.1 Å². The second kappa shape index (κ2) is 13.5. The van der Waals surface area contributed by atoms with E-state index in [1.54, 1.807) is 5.32 Å². The van der Waals surface area contributed by atoms with E-state index in [1.807, 2.05) is 0 Å². The fraction of sp³-hybridized carbons (Fsp3) is 0.458. The molecule has 2 atom stereocenters. The number of alkyl halides is 3. The lowest BCUT2D eigenvalue weighted by atomic mass is 10.0. The van der Waals surface area contributed by atoms with Gasteiger partial charge in [-0.3, -0.25) is 24.6 Å². The number of carbonyl (C=O) groups is 4. The number of oxime groups is 1. The number of carboxylic acid groups (broad SMARTS) is 1. The van der Waals surface area contributed by atoms with Crippen molar-refractivity contribution in [3.63, 3.8) is 0 Å². The predicted octanol–water partition coefficient (Wildman–Crippen LogP) is 1.46. The molecule has 0 bridgehead atoms. The molecule has 2 aromatic rings.